The van der Waals surface area contributed by atoms with E-state index < -0.39 is 39.9 Å². The fourth-order valence-electron chi connectivity index (χ4n) is 1.89. The highest BCUT2D eigenvalue weighted by Crippen LogP contribution is 2.39. The Kier molecular flexibility index (Phi) is 4.98. The first-order valence-corrected chi connectivity index (χ1v) is 6.64. The van der Waals surface area contributed by atoms with Crippen molar-refractivity contribution in [3.63, 3.8) is 0 Å². The van der Waals surface area contributed by atoms with Crippen LogP contribution in [0.3, 0.4) is 0 Å². The number of methoxy groups -OCH3 is 1. The van der Waals surface area contributed by atoms with Crippen molar-refractivity contribution in [2.24, 2.45) is 0 Å². The Bertz CT molecular complexity index is 789. The summed E-state index contributed by atoms with van der Waals surface area (Å²) in [5.41, 5.74) is -2.75. The molecule has 2 aromatic rings. The van der Waals surface area contributed by atoms with Crippen LogP contribution in [-0.4, -0.2) is 12.4 Å². The summed E-state index contributed by atoms with van der Waals surface area (Å²) in [4.78, 5) is 11.4. The number of hydrogen-bond donors (Lipinski definition) is 0. The predicted octanol–water partition coefficient (Wildman–Crippen LogP) is 5.16. The zero-order valence-electron chi connectivity index (χ0n) is 11.9. The standard InChI is InChI=1S/C15H8ClF5O3/c1-23-11-6-7(17)2-4-9(11)24-10-5-3-8(15(19,20)21)13(18)12(10)14(16)22/h2-6H,1H3. The molecule has 0 fully saturated rings. The molecule has 0 spiro atoms. The molecule has 0 heterocycles. The van der Waals surface area contributed by atoms with Crippen molar-refractivity contribution in [2.45, 2.75) is 6.18 Å². The minimum Gasteiger partial charge on any atom is -0.493 e. The summed E-state index contributed by atoms with van der Waals surface area (Å²) in [6, 6.07) is 4.18. The van der Waals surface area contributed by atoms with E-state index in [0.29, 0.717) is 6.07 Å². The third-order valence-electron chi connectivity index (χ3n) is 2.95. The first-order chi connectivity index (χ1) is 11.1. The summed E-state index contributed by atoms with van der Waals surface area (Å²) in [5.74, 6) is -3.33. The fraction of sp³-hybridized carbons (Fsp3) is 0.133. The molecule has 2 rings (SSSR count). The molecule has 0 amide bonds. The summed E-state index contributed by atoms with van der Waals surface area (Å²) < 4.78 is 75.4. The SMILES string of the molecule is COc1cc(F)ccc1Oc1ccc(C(F)(F)F)c(F)c1C(=O)Cl. The topological polar surface area (TPSA) is 35.5 Å². The molecule has 0 aliphatic carbocycles. The lowest BCUT2D eigenvalue weighted by atomic mass is 10.1. The predicted molar refractivity (Wildman–Crippen MR) is 74.6 cm³/mol. The summed E-state index contributed by atoms with van der Waals surface area (Å²) in [5, 5.41) is -1.48. The molecule has 0 saturated heterocycles. The average molecular weight is 367 g/mol. The Morgan fingerprint density at radius 3 is 2.21 bits per heavy atom. The van der Waals surface area contributed by atoms with Gasteiger partial charge in [0, 0.05) is 6.07 Å². The van der Waals surface area contributed by atoms with Crippen LogP contribution >= 0.6 is 11.6 Å². The second-order valence-corrected chi connectivity index (χ2v) is 4.81. The number of carbonyl (C=O) groups is 1. The number of hydrogen-bond acceptors (Lipinski definition) is 3. The van der Waals surface area contributed by atoms with E-state index >= 15 is 0 Å². The smallest absolute Gasteiger partial charge is 0.419 e. The zero-order valence-corrected chi connectivity index (χ0v) is 12.6. The normalized spacial score (nSPS) is 11.3. The van der Waals surface area contributed by atoms with Crippen LogP contribution in [-0.2, 0) is 6.18 Å². The van der Waals surface area contributed by atoms with Crippen molar-refractivity contribution in [3.05, 3.63) is 53.1 Å². The maximum absolute atomic E-state index is 14.0. The Labute approximate surface area is 137 Å². The Morgan fingerprint density at radius 2 is 1.67 bits per heavy atom. The highest BCUT2D eigenvalue weighted by Gasteiger charge is 2.37. The number of ether oxygens (including phenoxy) is 2. The number of halogens is 6. The van der Waals surface area contributed by atoms with Crippen LogP contribution < -0.4 is 9.47 Å². The van der Waals surface area contributed by atoms with Crippen molar-refractivity contribution in [1.82, 2.24) is 0 Å². The Morgan fingerprint density at radius 1 is 1.04 bits per heavy atom. The van der Waals surface area contributed by atoms with E-state index in [4.69, 9.17) is 21.1 Å². The van der Waals surface area contributed by atoms with E-state index in [2.05, 4.69) is 0 Å². The van der Waals surface area contributed by atoms with Gasteiger partial charge < -0.3 is 9.47 Å². The minimum atomic E-state index is -5.02. The van der Waals surface area contributed by atoms with Gasteiger partial charge in [0.1, 0.15) is 17.1 Å². The van der Waals surface area contributed by atoms with Gasteiger partial charge in [-0.2, -0.15) is 13.2 Å². The minimum absolute atomic E-state index is 0.108. The molecule has 0 aliphatic rings. The quantitative estimate of drug-likeness (QED) is 0.553. The molecule has 0 radical (unpaired) electrons. The van der Waals surface area contributed by atoms with Gasteiger partial charge in [-0.3, -0.25) is 4.79 Å². The van der Waals surface area contributed by atoms with E-state index in [1.54, 1.807) is 0 Å². The van der Waals surface area contributed by atoms with Crippen molar-refractivity contribution < 1.29 is 36.2 Å². The van der Waals surface area contributed by atoms with Crippen molar-refractivity contribution in [1.29, 1.82) is 0 Å². The second kappa shape index (κ2) is 6.64. The van der Waals surface area contributed by atoms with Crippen LogP contribution in [0.1, 0.15) is 15.9 Å². The van der Waals surface area contributed by atoms with Gasteiger partial charge in [-0.1, -0.05) is 0 Å². The third-order valence-corrected chi connectivity index (χ3v) is 3.14. The zero-order chi connectivity index (χ0) is 18.1. The Hall–Kier alpha value is -2.35. The molecule has 128 valence electrons. The molecule has 3 nitrogen and oxygen atoms in total. The summed E-state index contributed by atoms with van der Waals surface area (Å²) in [6.45, 7) is 0. The first kappa shape index (κ1) is 18.0. The second-order valence-electron chi connectivity index (χ2n) is 4.47. The number of rotatable bonds is 4. The maximum Gasteiger partial charge on any atom is 0.419 e. The first-order valence-electron chi connectivity index (χ1n) is 6.26. The van der Waals surface area contributed by atoms with Gasteiger partial charge in [0.15, 0.2) is 17.3 Å². The lowest BCUT2D eigenvalue weighted by Gasteiger charge is -2.15. The molecule has 0 aliphatic heterocycles. The van der Waals surface area contributed by atoms with Crippen molar-refractivity contribution >= 4 is 16.8 Å². The molecular weight excluding hydrogens is 359 g/mol. The van der Waals surface area contributed by atoms with Gasteiger partial charge in [0.05, 0.1) is 12.7 Å². The maximum atomic E-state index is 14.0. The van der Waals surface area contributed by atoms with Crippen molar-refractivity contribution in [3.8, 4) is 17.2 Å². The monoisotopic (exact) mass is 366 g/mol. The highest BCUT2D eigenvalue weighted by molar-refractivity contribution is 6.68. The van der Waals surface area contributed by atoms with Crippen LogP contribution in [0.4, 0.5) is 22.0 Å². The summed E-state index contributed by atoms with van der Waals surface area (Å²) in [7, 11) is 1.20. The number of benzene rings is 2. The summed E-state index contributed by atoms with van der Waals surface area (Å²) >= 11 is 5.18. The number of alkyl halides is 3. The third kappa shape index (κ3) is 3.59. The molecule has 9 heteroatoms. The van der Waals surface area contributed by atoms with E-state index in [0.717, 1.165) is 24.3 Å². The summed E-state index contributed by atoms with van der Waals surface area (Å²) in [6.07, 6.45) is -5.02. The van der Waals surface area contributed by atoms with Gasteiger partial charge in [0.2, 0.25) is 0 Å². The van der Waals surface area contributed by atoms with E-state index in [-0.39, 0.29) is 11.5 Å². The van der Waals surface area contributed by atoms with Crippen LogP contribution in [0.15, 0.2) is 30.3 Å². The molecule has 0 saturated carbocycles. The van der Waals surface area contributed by atoms with Gasteiger partial charge in [-0.15, -0.1) is 0 Å². The molecule has 0 bridgehead atoms. The highest BCUT2D eigenvalue weighted by atomic mass is 35.5. The van der Waals surface area contributed by atoms with Crippen LogP contribution in [0, 0.1) is 11.6 Å². The molecule has 24 heavy (non-hydrogen) atoms. The van der Waals surface area contributed by atoms with Crippen molar-refractivity contribution in [2.75, 3.05) is 7.11 Å². The van der Waals surface area contributed by atoms with Crippen LogP contribution in [0.25, 0.3) is 0 Å². The van der Waals surface area contributed by atoms with Gasteiger partial charge >= 0.3 is 6.18 Å². The molecule has 0 atom stereocenters. The fourth-order valence-corrected chi connectivity index (χ4v) is 2.07. The van der Waals surface area contributed by atoms with Gasteiger partial charge in [0.25, 0.3) is 5.24 Å². The lowest BCUT2D eigenvalue weighted by molar-refractivity contribution is -0.140. The molecule has 0 unspecified atom stereocenters. The molecule has 2 aromatic carbocycles. The van der Waals surface area contributed by atoms with E-state index in [9.17, 15) is 26.7 Å². The lowest BCUT2D eigenvalue weighted by Crippen LogP contribution is -2.12. The average Bonchev–Trinajstić information content (AvgIpc) is 2.47. The largest absolute Gasteiger partial charge is 0.493 e. The van der Waals surface area contributed by atoms with Crippen LogP contribution in [0.2, 0.25) is 0 Å². The van der Waals surface area contributed by atoms with E-state index in [1.165, 1.54) is 7.11 Å². The van der Waals surface area contributed by atoms with E-state index in [1.807, 2.05) is 0 Å². The molecular formula is C15H8ClF5O3. The van der Waals surface area contributed by atoms with Gasteiger partial charge in [-0.25, -0.2) is 8.78 Å². The number of carbonyl (C=O) groups excluding carboxylic acids is 1. The molecule has 0 aromatic heterocycles. The van der Waals surface area contributed by atoms with Crippen LogP contribution in [0.5, 0.6) is 17.2 Å². The van der Waals surface area contributed by atoms with Gasteiger partial charge in [-0.05, 0) is 35.9 Å². The molecule has 0 N–H and O–H groups in total. The Balaban J connectivity index is 2.56.